The Balaban J connectivity index is 3.04. The number of benzene rings is 1. The van der Waals surface area contributed by atoms with E-state index in [1.807, 2.05) is 26.0 Å². The summed E-state index contributed by atoms with van der Waals surface area (Å²) in [4.78, 5) is 11.0. The fourth-order valence-corrected chi connectivity index (χ4v) is 1.81. The first-order chi connectivity index (χ1) is 7.47. The van der Waals surface area contributed by atoms with E-state index in [-0.39, 0.29) is 6.04 Å². The zero-order chi connectivity index (χ0) is 12.3. The van der Waals surface area contributed by atoms with Crippen LogP contribution in [0, 0.1) is 19.8 Å². The molecule has 2 N–H and O–H groups in total. The predicted molar refractivity (Wildman–Crippen MR) is 64.5 cm³/mol. The summed E-state index contributed by atoms with van der Waals surface area (Å²) in [5, 5.41) is 12.1. The Hall–Kier alpha value is -1.35. The SMILES string of the molecule is CNC(c1ccc(C)c(C)c1)C(C)C(=O)O. The Bertz CT molecular complexity index is 388. The van der Waals surface area contributed by atoms with E-state index in [2.05, 4.69) is 11.4 Å². The number of rotatable bonds is 4. The fourth-order valence-electron chi connectivity index (χ4n) is 1.81. The number of hydrogen-bond acceptors (Lipinski definition) is 2. The van der Waals surface area contributed by atoms with E-state index in [0.717, 1.165) is 5.56 Å². The molecular weight excluding hydrogens is 202 g/mol. The molecule has 3 nitrogen and oxygen atoms in total. The van der Waals surface area contributed by atoms with Crippen LogP contribution in [-0.4, -0.2) is 18.1 Å². The Labute approximate surface area is 96.5 Å². The third kappa shape index (κ3) is 2.61. The lowest BCUT2D eigenvalue weighted by atomic mass is 9.92. The normalized spacial score (nSPS) is 14.5. The van der Waals surface area contributed by atoms with Gasteiger partial charge in [-0.2, -0.15) is 0 Å². The summed E-state index contributed by atoms with van der Waals surface area (Å²) in [6, 6.07) is 5.93. The van der Waals surface area contributed by atoms with Gasteiger partial charge in [-0.05, 0) is 37.6 Å². The van der Waals surface area contributed by atoms with E-state index in [1.54, 1.807) is 14.0 Å². The van der Waals surface area contributed by atoms with E-state index in [4.69, 9.17) is 5.11 Å². The molecule has 0 amide bonds. The van der Waals surface area contributed by atoms with Crippen LogP contribution >= 0.6 is 0 Å². The summed E-state index contributed by atoms with van der Waals surface area (Å²) in [6.45, 7) is 5.81. The molecule has 0 spiro atoms. The highest BCUT2D eigenvalue weighted by Gasteiger charge is 2.23. The number of aliphatic carboxylic acids is 1. The molecule has 0 aliphatic heterocycles. The van der Waals surface area contributed by atoms with Gasteiger partial charge in [0.1, 0.15) is 0 Å². The Morgan fingerprint density at radius 3 is 2.38 bits per heavy atom. The molecular formula is C13H19NO2. The second-order valence-corrected chi connectivity index (χ2v) is 4.24. The number of hydrogen-bond donors (Lipinski definition) is 2. The van der Waals surface area contributed by atoms with Crippen molar-refractivity contribution in [2.24, 2.45) is 5.92 Å². The summed E-state index contributed by atoms with van der Waals surface area (Å²) >= 11 is 0. The molecule has 0 fully saturated rings. The first-order valence-electron chi connectivity index (χ1n) is 5.44. The van der Waals surface area contributed by atoms with Crippen molar-refractivity contribution in [3.63, 3.8) is 0 Å². The molecule has 3 heteroatoms. The van der Waals surface area contributed by atoms with E-state index in [9.17, 15) is 4.79 Å². The monoisotopic (exact) mass is 221 g/mol. The van der Waals surface area contributed by atoms with Crippen LogP contribution in [0.25, 0.3) is 0 Å². The predicted octanol–water partition coefficient (Wildman–Crippen LogP) is 2.28. The van der Waals surface area contributed by atoms with Gasteiger partial charge in [-0.3, -0.25) is 4.79 Å². The van der Waals surface area contributed by atoms with E-state index >= 15 is 0 Å². The van der Waals surface area contributed by atoms with Gasteiger partial charge in [-0.1, -0.05) is 25.1 Å². The van der Waals surface area contributed by atoms with E-state index < -0.39 is 11.9 Å². The van der Waals surface area contributed by atoms with E-state index in [1.165, 1.54) is 11.1 Å². The molecule has 1 aromatic carbocycles. The van der Waals surface area contributed by atoms with Crippen molar-refractivity contribution in [2.75, 3.05) is 7.05 Å². The van der Waals surface area contributed by atoms with Gasteiger partial charge in [0.2, 0.25) is 0 Å². The maximum Gasteiger partial charge on any atom is 0.308 e. The van der Waals surface area contributed by atoms with Crippen molar-refractivity contribution in [1.82, 2.24) is 5.32 Å². The first-order valence-corrected chi connectivity index (χ1v) is 5.44. The maximum atomic E-state index is 11.0. The highest BCUT2D eigenvalue weighted by molar-refractivity contribution is 5.70. The summed E-state index contributed by atoms with van der Waals surface area (Å²) in [6.07, 6.45) is 0. The van der Waals surface area contributed by atoms with Crippen LogP contribution in [-0.2, 0) is 4.79 Å². The highest BCUT2D eigenvalue weighted by Crippen LogP contribution is 2.23. The summed E-state index contributed by atoms with van der Waals surface area (Å²) in [5.41, 5.74) is 3.44. The Morgan fingerprint density at radius 1 is 1.31 bits per heavy atom. The summed E-state index contributed by atoms with van der Waals surface area (Å²) < 4.78 is 0. The van der Waals surface area contributed by atoms with Crippen molar-refractivity contribution < 1.29 is 9.90 Å². The highest BCUT2D eigenvalue weighted by atomic mass is 16.4. The van der Waals surface area contributed by atoms with Crippen LogP contribution in [0.2, 0.25) is 0 Å². The zero-order valence-corrected chi connectivity index (χ0v) is 10.2. The quantitative estimate of drug-likeness (QED) is 0.820. The number of aryl methyl sites for hydroxylation is 2. The van der Waals surface area contributed by atoms with Gasteiger partial charge in [0.15, 0.2) is 0 Å². The zero-order valence-electron chi connectivity index (χ0n) is 10.2. The third-order valence-electron chi connectivity index (χ3n) is 3.09. The molecule has 1 aromatic rings. The Kier molecular flexibility index (Phi) is 4.07. The molecule has 16 heavy (non-hydrogen) atoms. The van der Waals surface area contributed by atoms with Gasteiger partial charge < -0.3 is 10.4 Å². The summed E-state index contributed by atoms with van der Waals surface area (Å²) in [5.74, 6) is -1.22. The van der Waals surface area contributed by atoms with Crippen LogP contribution in [0.3, 0.4) is 0 Å². The number of carboxylic acid groups (broad SMARTS) is 1. The number of nitrogens with one attached hydrogen (secondary N) is 1. The number of carboxylic acids is 1. The Morgan fingerprint density at radius 2 is 1.94 bits per heavy atom. The molecule has 2 unspecified atom stereocenters. The van der Waals surface area contributed by atoms with Crippen molar-refractivity contribution >= 4 is 5.97 Å². The van der Waals surface area contributed by atoms with Crippen molar-refractivity contribution in [3.05, 3.63) is 34.9 Å². The largest absolute Gasteiger partial charge is 0.481 e. The summed E-state index contributed by atoms with van der Waals surface area (Å²) in [7, 11) is 1.79. The molecule has 0 bridgehead atoms. The molecule has 0 radical (unpaired) electrons. The van der Waals surface area contributed by atoms with Gasteiger partial charge in [-0.25, -0.2) is 0 Å². The first kappa shape index (κ1) is 12.7. The van der Waals surface area contributed by atoms with Gasteiger partial charge in [-0.15, -0.1) is 0 Å². The second kappa shape index (κ2) is 5.12. The minimum Gasteiger partial charge on any atom is -0.481 e. The van der Waals surface area contributed by atoms with Crippen molar-refractivity contribution in [3.8, 4) is 0 Å². The minimum absolute atomic E-state index is 0.142. The molecule has 0 saturated carbocycles. The molecule has 1 rings (SSSR count). The van der Waals surface area contributed by atoms with Gasteiger partial charge in [0.05, 0.1) is 5.92 Å². The fraction of sp³-hybridized carbons (Fsp3) is 0.462. The van der Waals surface area contributed by atoms with E-state index in [0.29, 0.717) is 0 Å². The lowest BCUT2D eigenvalue weighted by Gasteiger charge is -2.21. The van der Waals surface area contributed by atoms with Crippen LogP contribution in [0.1, 0.15) is 29.7 Å². The lowest BCUT2D eigenvalue weighted by molar-refractivity contribution is -0.142. The molecule has 0 aliphatic carbocycles. The van der Waals surface area contributed by atoms with Crippen molar-refractivity contribution in [2.45, 2.75) is 26.8 Å². The standard InChI is InChI=1S/C13H19NO2/c1-8-5-6-11(7-9(8)2)12(14-4)10(3)13(15)16/h5-7,10,12,14H,1-4H3,(H,15,16). The average molecular weight is 221 g/mol. The van der Waals surface area contributed by atoms with Gasteiger partial charge in [0.25, 0.3) is 0 Å². The molecule has 0 aromatic heterocycles. The minimum atomic E-state index is -0.780. The molecule has 0 saturated heterocycles. The maximum absolute atomic E-state index is 11.0. The third-order valence-corrected chi connectivity index (χ3v) is 3.09. The van der Waals surface area contributed by atoms with Crippen LogP contribution in [0.4, 0.5) is 0 Å². The molecule has 2 atom stereocenters. The number of carbonyl (C=O) groups is 1. The van der Waals surface area contributed by atoms with Crippen LogP contribution in [0.15, 0.2) is 18.2 Å². The van der Waals surface area contributed by atoms with Crippen LogP contribution < -0.4 is 5.32 Å². The topological polar surface area (TPSA) is 49.3 Å². The molecule has 0 aliphatic rings. The second-order valence-electron chi connectivity index (χ2n) is 4.24. The van der Waals surface area contributed by atoms with Crippen molar-refractivity contribution in [1.29, 1.82) is 0 Å². The molecule has 88 valence electrons. The van der Waals surface area contributed by atoms with Gasteiger partial charge in [0, 0.05) is 6.04 Å². The average Bonchev–Trinajstić information content (AvgIpc) is 2.24. The smallest absolute Gasteiger partial charge is 0.308 e. The van der Waals surface area contributed by atoms with Gasteiger partial charge >= 0.3 is 5.97 Å². The molecule has 0 heterocycles. The van der Waals surface area contributed by atoms with Crippen LogP contribution in [0.5, 0.6) is 0 Å². The lowest BCUT2D eigenvalue weighted by Crippen LogP contribution is -2.28.